The Morgan fingerprint density at radius 1 is 1.24 bits per heavy atom. The summed E-state index contributed by atoms with van der Waals surface area (Å²) in [5.41, 5.74) is 4.78. The van der Waals surface area contributed by atoms with Crippen LogP contribution in [0.25, 0.3) is 0 Å². The Hall–Kier alpha value is -1.20. The molecule has 0 spiro atoms. The van der Waals surface area contributed by atoms with Crippen LogP contribution in [0.15, 0.2) is 0 Å². The van der Waals surface area contributed by atoms with Crippen molar-refractivity contribution in [3.63, 3.8) is 0 Å². The van der Waals surface area contributed by atoms with Crippen LogP contribution < -0.4 is 11.3 Å². The highest BCUT2D eigenvalue weighted by Crippen LogP contribution is 2.36. The zero-order valence-electron chi connectivity index (χ0n) is 13.5. The molecule has 1 aliphatic rings. The molecule has 1 heterocycles. The van der Waals surface area contributed by atoms with Gasteiger partial charge < -0.3 is 10.2 Å². The Balaban J connectivity index is 2.34. The Morgan fingerprint density at radius 2 is 1.95 bits per heavy atom. The molecule has 0 saturated heterocycles. The monoisotopic (exact) mass is 292 g/mol. The van der Waals surface area contributed by atoms with Crippen LogP contribution in [0.4, 0.5) is 5.82 Å². The maximum absolute atomic E-state index is 6.01. The van der Waals surface area contributed by atoms with E-state index in [1.54, 1.807) is 0 Å². The van der Waals surface area contributed by atoms with Gasteiger partial charge in [0, 0.05) is 17.9 Å². The van der Waals surface area contributed by atoms with Crippen LogP contribution in [0.3, 0.4) is 0 Å². The number of nitrogen functional groups attached to an aromatic ring is 1. The second-order valence-electron chi connectivity index (χ2n) is 5.77. The lowest BCUT2D eigenvalue weighted by atomic mass is 9.84. The number of ether oxygens (including phenoxy) is 1. The topological polar surface area (TPSA) is 73.1 Å². The van der Waals surface area contributed by atoms with Gasteiger partial charge in [-0.05, 0) is 39.0 Å². The number of hydrogen-bond donors (Lipinski definition) is 2. The summed E-state index contributed by atoms with van der Waals surface area (Å²) in [6.07, 6.45) is 7.17. The van der Waals surface area contributed by atoms with Gasteiger partial charge in [-0.3, -0.25) is 0 Å². The third kappa shape index (κ3) is 3.71. The number of nitrogens with zero attached hydrogens (tertiary/aromatic N) is 2. The lowest BCUT2D eigenvalue weighted by Gasteiger charge is -2.29. The summed E-state index contributed by atoms with van der Waals surface area (Å²) in [4.78, 5) is 9.38. The van der Waals surface area contributed by atoms with Crippen molar-refractivity contribution in [3.8, 4) is 0 Å². The SMILES string of the molecule is CCOC(c1nc(CC)c(C)c(NN)n1)C1CCCCC1. The third-order valence-corrected chi connectivity index (χ3v) is 4.41. The number of anilines is 1. The summed E-state index contributed by atoms with van der Waals surface area (Å²) >= 11 is 0. The molecule has 0 aromatic carbocycles. The number of hydrogen-bond acceptors (Lipinski definition) is 5. The summed E-state index contributed by atoms with van der Waals surface area (Å²) in [5, 5.41) is 0. The molecule has 1 saturated carbocycles. The zero-order chi connectivity index (χ0) is 15.2. The van der Waals surface area contributed by atoms with Crippen LogP contribution in [0.5, 0.6) is 0 Å². The van der Waals surface area contributed by atoms with Gasteiger partial charge in [0.1, 0.15) is 11.9 Å². The van der Waals surface area contributed by atoms with Gasteiger partial charge in [-0.25, -0.2) is 15.8 Å². The Bertz CT molecular complexity index is 433. The van der Waals surface area contributed by atoms with Crippen molar-refractivity contribution in [2.45, 2.75) is 65.4 Å². The molecule has 21 heavy (non-hydrogen) atoms. The van der Waals surface area contributed by atoms with Gasteiger partial charge in [0.2, 0.25) is 0 Å². The quantitative estimate of drug-likeness (QED) is 0.621. The van der Waals surface area contributed by atoms with Crippen LogP contribution in [0.2, 0.25) is 0 Å². The van der Waals surface area contributed by atoms with E-state index in [2.05, 4.69) is 17.3 Å². The molecule has 0 amide bonds. The molecule has 2 rings (SSSR count). The molecule has 0 radical (unpaired) electrons. The van der Waals surface area contributed by atoms with E-state index in [0.717, 1.165) is 29.3 Å². The van der Waals surface area contributed by atoms with Crippen LogP contribution in [0, 0.1) is 12.8 Å². The fourth-order valence-electron chi connectivity index (χ4n) is 3.23. The first-order chi connectivity index (χ1) is 10.2. The zero-order valence-corrected chi connectivity index (χ0v) is 13.5. The highest BCUT2D eigenvalue weighted by molar-refractivity contribution is 5.45. The molecular weight excluding hydrogens is 264 g/mol. The van der Waals surface area contributed by atoms with E-state index in [4.69, 9.17) is 15.6 Å². The first-order valence-electron chi connectivity index (χ1n) is 8.16. The third-order valence-electron chi connectivity index (χ3n) is 4.41. The van der Waals surface area contributed by atoms with Gasteiger partial charge >= 0.3 is 0 Å². The summed E-state index contributed by atoms with van der Waals surface area (Å²) < 4.78 is 6.01. The second-order valence-corrected chi connectivity index (χ2v) is 5.77. The van der Waals surface area contributed by atoms with Gasteiger partial charge in [-0.1, -0.05) is 26.2 Å². The molecule has 1 fully saturated rings. The first kappa shape index (κ1) is 16.2. The smallest absolute Gasteiger partial charge is 0.160 e. The minimum atomic E-state index is -0.00620. The number of hydrazine groups is 1. The van der Waals surface area contributed by atoms with E-state index < -0.39 is 0 Å². The predicted octanol–water partition coefficient (Wildman–Crippen LogP) is 3.29. The van der Waals surface area contributed by atoms with Crippen molar-refractivity contribution in [1.29, 1.82) is 0 Å². The average molecular weight is 292 g/mol. The number of aryl methyl sites for hydroxylation is 1. The van der Waals surface area contributed by atoms with Gasteiger partial charge in [0.25, 0.3) is 0 Å². The van der Waals surface area contributed by atoms with Crippen molar-refractivity contribution < 1.29 is 4.74 Å². The standard InChI is InChI=1S/C16H28N4O/c1-4-13-11(3)15(20-17)19-16(18-13)14(21-5-2)12-9-7-6-8-10-12/h12,14H,4-10,17H2,1-3H3,(H,18,19,20). The molecule has 0 aliphatic heterocycles. The van der Waals surface area contributed by atoms with Crippen LogP contribution >= 0.6 is 0 Å². The fraction of sp³-hybridized carbons (Fsp3) is 0.750. The van der Waals surface area contributed by atoms with Crippen molar-refractivity contribution in [2.75, 3.05) is 12.0 Å². The fourth-order valence-corrected chi connectivity index (χ4v) is 3.23. The molecule has 5 nitrogen and oxygen atoms in total. The highest BCUT2D eigenvalue weighted by Gasteiger charge is 2.28. The van der Waals surface area contributed by atoms with E-state index >= 15 is 0 Å². The summed E-state index contributed by atoms with van der Waals surface area (Å²) in [5.74, 6) is 7.65. The number of nitrogens with one attached hydrogen (secondary N) is 1. The first-order valence-corrected chi connectivity index (χ1v) is 8.16. The minimum Gasteiger partial charge on any atom is -0.370 e. The van der Waals surface area contributed by atoms with Gasteiger partial charge in [0.05, 0.1) is 0 Å². The molecule has 5 heteroatoms. The van der Waals surface area contributed by atoms with Crippen molar-refractivity contribution in [2.24, 2.45) is 11.8 Å². The second kappa shape index (κ2) is 7.71. The van der Waals surface area contributed by atoms with E-state index in [9.17, 15) is 0 Å². The number of nitrogens with two attached hydrogens (primary N) is 1. The maximum Gasteiger partial charge on any atom is 0.160 e. The summed E-state index contributed by atoms with van der Waals surface area (Å²) in [6, 6.07) is 0. The van der Waals surface area contributed by atoms with Gasteiger partial charge in [-0.15, -0.1) is 0 Å². The minimum absolute atomic E-state index is 0.00620. The molecular formula is C16H28N4O. The number of rotatable bonds is 6. The van der Waals surface area contributed by atoms with E-state index in [-0.39, 0.29) is 6.10 Å². The van der Waals surface area contributed by atoms with Gasteiger partial charge in [-0.2, -0.15) is 0 Å². The average Bonchev–Trinajstić information content (AvgIpc) is 2.54. The molecule has 1 aromatic rings. The molecule has 1 aliphatic carbocycles. The lowest BCUT2D eigenvalue weighted by molar-refractivity contribution is -0.000243. The van der Waals surface area contributed by atoms with Crippen LogP contribution in [0.1, 0.15) is 69.1 Å². The lowest BCUT2D eigenvalue weighted by Crippen LogP contribution is -2.23. The Morgan fingerprint density at radius 3 is 2.52 bits per heavy atom. The van der Waals surface area contributed by atoms with E-state index in [0.29, 0.717) is 12.5 Å². The normalized spacial score (nSPS) is 17.7. The molecule has 1 atom stereocenters. The van der Waals surface area contributed by atoms with E-state index in [1.165, 1.54) is 32.1 Å². The predicted molar refractivity (Wildman–Crippen MR) is 84.9 cm³/mol. The molecule has 1 aromatic heterocycles. The highest BCUT2D eigenvalue weighted by atomic mass is 16.5. The molecule has 1 unspecified atom stereocenters. The Kier molecular flexibility index (Phi) is 5.94. The van der Waals surface area contributed by atoms with Crippen LogP contribution in [-0.4, -0.2) is 16.6 Å². The molecule has 118 valence electrons. The molecule has 3 N–H and O–H groups in total. The Labute approximate surface area is 127 Å². The van der Waals surface area contributed by atoms with E-state index in [1.807, 2.05) is 13.8 Å². The van der Waals surface area contributed by atoms with Gasteiger partial charge in [0.15, 0.2) is 5.82 Å². The maximum atomic E-state index is 6.01. The summed E-state index contributed by atoms with van der Waals surface area (Å²) in [7, 11) is 0. The van der Waals surface area contributed by atoms with Crippen molar-refractivity contribution >= 4 is 5.82 Å². The van der Waals surface area contributed by atoms with Crippen LogP contribution in [-0.2, 0) is 11.2 Å². The largest absolute Gasteiger partial charge is 0.370 e. The number of aromatic nitrogens is 2. The van der Waals surface area contributed by atoms with Crippen molar-refractivity contribution in [1.82, 2.24) is 9.97 Å². The van der Waals surface area contributed by atoms with Crippen molar-refractivity contribution in [3.05, 3.63) is 17.1 Å². The molecule has 0 bridgehead atoms. The summed E-state index contributed by atoms with van der Waals surface area (Å²) in [6.45, 7) is 6.84.